The molecular weight excluding hydrogens is 1110 g/mol. The normalized spacial score (nSPS) is 10.8. The van der Waals surface area contributed by atoms with Gasteiger partial charge in [-0.05, 0) is 135 Å². The van der Waals surface area contributed by atoms with Crippen molar-refractivity contribution in [3.05, 3.63) is 198 Å². The first-order valence-electron chi connectivity index (χ1n) is 22.1. The molecule has 2 heterocycles. The van der Waals surface area contributed by atoms with Crippen molar-refractivity contribution in [2.75, 3.05) is 17.7 Å². The van der Waals surface area contributed by atoms with Crippen LogP contribution in [0.3, 0.4) is 0 Å². The number of carboxylic acids is 1. The molecule has 0 aliphatic heterocycles. The Morgan fingerprint density at radius 1 is 0.575 bits per heavy atom. The van der Waals surface area contributed by atoms with E-state index in [-0.39, 0.29) is 53.5 Å². The number of carbonyl (C=O) groups is 4. The maximum Gasteiger partial charge on any atom is 0.340 e. The number of aromatic nitrogens is 2. The number of aromatic carboxylic acids is 1. The van der Waals surface area contributed by atoms with Crippen molar-refractivity contribution < 1.29 is 47.3 Å². The van der Waals surface area contributed by atoms with Crippen LogP contribution < -0.4 is 20.1 Å². The standard InChI is InChI=1S/C28H23BrClFN2O4.C27H21BrClFN2O4/c1-16-4-10-26(33(16)21-8-9-25(32-17(2)34)22(14-21)28(35)36-3)23-13-20(30)7-11-27(23)37-15-18-5-6-19(29)12-24(18)31;1-15-3-9-25(32(15)20-7-8-24(31-16(2)33)21(13-20)27(34)35)22-12-19(29)6-10-26(22)36-14-17-4-5-18(28)11-23(17)30/h4-14H,15H2,1-3H3,(H,32,34);3-13H,14H2,1-2H3,(H,31,33)(H,34,35). The fourth-order valence-electron chi connectivity index (χ4n) is 7.82. The predicted octanol–water partition coefficient (Wildman–Crippen LogP) is 14.6. The molecule has 2 amide bonds. The second-order valence-corrected chi connectivity index (χ2v) is 19.0. The van der Waals surface area contributed by atoms with Crippen molar-refractivity contribution in [1.29, 1.82) is 0 Å². The Balaban J connectivity index is 0.000000214. The Labute approximate surface area is 445 Å². The summed E-state index contributed by atoms with van der Waals surface area (Å²) in [5.74, 6) is -2.21. The summed E-state index contributed by atoms with van der Waals surface area (Å²) in [6.45, 7) is 6.51. The van der Waals surface area contributed by atoms with E-state index < -0.39 is 11.9 Å². The average Bonchev–Trinajstić information content (AvgIpc) is 3.93. The van der Waals surface area contributed by atoms with Crippen molar-refractivity contribution in [2.45, 2.75) is 40.9 Å². The third kappa shape index (κ3) is 12.9. The number of aryl methyl sites for hydroxylation is 2. The summed E-state index contributed by atoms with van der Waals surface area (Å²) in [5, 5.41) is 15.9. The molecule has 18 heteroatoms. The SMILES string of the molecule is CC(=O)Nc1ccc(-n2c(C)ccc2-c2cc(Cl)ccc2OCc2ccc(Br)cc2F)cc1C(=O)O.COC(=O)c1cc(-n2c(C)ccc2-c2cc(Cl)ccc2OCc2ccc(Br)cc2F)ccc1NC(C)=O. The minimum absolute atomic E-state index is 0.00200. The van der Waals surface area contributed by atoms with E-state index in [1.165, 1.54) is 39.2 Å². The first kappa shape index (κ1) is 53.6. The van der Waals surface area contributed by atoms with Crippen LogP contribution in [0.2, 0.25) is 10.0 Å². The van der Waals surface area contributed by atoms with E-state index in [9.17, 15) is 33.1 Å². The number of amides is 2. The van der Waals surface area contributed by atoms with Gasteiger partial charge in [-0.1, -0.05) is 67.2 Å². The van der Waals surface area contributed by atoms with E-state index >= 15 is 0 Å². The summed E-state index contributed by atoms with van der Waals surface area (Å²) >= 11 is 19.2. The van der Waals surface area contributed by atoms with Gasteiger partial charge < -0.3 is 39.1 Å². The minimum Gasteiger partial charge on any atom is -0.488 e. The molecule has 0 radical (unpaired) electrons. The van der Waals surface area contributed by atoms with Crippen LogP contribution in [0, 0.1) is 25.5 Å². The molecule has 0 spiro atoms. The van der Waals surface area contributed by atoms with Gasteiger partial charge in [0.1, 0.15) is 36.3 Å². The monoisotopic (exact) mass is 1150 g/mol. The molecule has 0 saturated carbocycles. The molecule has 12 nitrogen and oxygen atoms in total. The highest BCUT2D eigenvalue weighted by molar-refractivity contribution is 9.10. The van der Waals surface area contributed by atoms with Crippen molar-refractivity contribution in [3.8, 4) is 45.4 Å². The quantitative estimate of drug-likeness (QED) is 0.0911. The summed E-state index contributed by atoms with van der Waals surface area (Å²) in [6.07, 6.45) is 0. The summed E-state index contributed by atoms with van der Waals surface area (Å²) in [4.78, 5) is 47.5. The summed E-state index contributed by atoms with van der Waals surface area (Å²) < 4.78 is 50.8. The highest BCUT2D eigenvalue weighted by atomic mass is 79.9. The van der Waals surface area contributed by atoms with Gasteiger partial charge in [0.2, 0.25) is 11.8 Å². The molecule has 3 N–H and O–H groups in total. The number of carbonyl (C=O) groups excluding carboxylic acids is 3. The Hall–Kier alpha value is -7.24. The van der Waals surface area contributed by atoms with Crippen LogP contribution in [-0.2, 0) is 27.5 Å². The number of esters is 1. The van der Waals surface area contributed by atoms with Crippen molar-refractivity contribution in [1.82, 2.24) is 9.13 Å². The van der Waals surface area contributed by atoms with Crippen LogP contribution in [0.15, 0.2) is 142 Å². The number of hydrogen-bond acceptors (Lipinski definition) is 7. The molecule has 0 aliphatic carbocycles. The number of hydrogen-bond donors (Lipinski definition) is 3. The Kier molecular flexibility index (Phi) is 17.3. The van der Waals surface area contributed by atoms with Crippen molar-refractivity contribution in [3.63, 3.8) is 0 Å². The lowest BCUT2D eigenvalue weighted by Gasteiger charge is -2.18. The smallest absolute Gasteiger partial charge is 0.340 e. The van der Waals surface area contributed by atoms with Crippen LogP contribution in [0.5, 0.6) is 11.5 Å². The summed E-state index contributed by atoms with van der Waals surface area (Å²) in [7, 11) is 1.28. The molecule has 2 aromatic heterocycles. The minimum atomic E-state index is -1.17. The van der Waals surface area contributed by atoms with Gasteiger partial charge in [0, 0.05) is 77.9 Å². The highest BCUT2D eigenvalue weighted by Crippen LogP contribution is 2.39. The van der Waals surface area contributed by atoms with Gasteiger partial charge in [-0.2, -0.15) is 0 Å². The zero-order valence-electron chi connectivity index (χ0n) is 39.6. The number of halogens is 6. The van der Waals surface area contributed by atoms with Crippen LogP contribution in [0.25, 0.3) is 33.9 Å². The number of ether oxygens (including phenoxy) is 3. The van der Waals surface area contributed by atoms with Gasteiger partial charge >= 0.3 is 11.9 Å². The van der Waals surface area contributed by atoms with E-state index in [1.807, 2.05) is 47.2 Å². The Morgan fingerprint density at radius 2 is 1.00 bits per heavy atom. The lowest BCUT2D eigenvalue weighted by molar-refractivity contribution is -0.115. The highest BCUT2D eigenvalue weighted by Gasteiger charge is 2.21. The van der Waals surface area contributed by atoms with E-state index in [0.29, 0.717) is 75.5 Å². The molecule has 0 unspecified atom stereocenters. The average molecular weight is 1160 g/mol. The van der Waals surface area contributed by atoms with Gasteiger partial charge in [-0.25, -0.2) is 18.4 Å². The molecule has 8 aromatic rings. The summed E-state index contributed by atoms with van der Waals surface area (Å²) in [5.41, 5.74) is 7.24. The second-order valence-electron chi connectivity index (χ2n) is 16.3. The van der Waals surface area contributed by atoms with Crippen LogP contribution in [0.1, 0.15) is 57.1 Å². The van der Waals surface area contributed by atoms with Crippen molar-refractivity contribution in [2.24, 2.45) is 0 Å². The van der Waals surface area contributed by atoms with Crippen LogP contribution in [0.4, 0.5) is 20.2 Å². The van der Waals surface area contributed by atoms with Gasteiger partial charge in [-0.3, -0.25) is 9.59 Å². The molecule has 0 aliphatic rings. The van der Waals surface area contributed by atoms with E-state index in [1.54, 1.807) is 91.0 Å². The molecular formula is C55H44Br2Cl2F2N4O8. The number of anilines is 2. The number of nitrogens with one attached hydrogen (secondary N) is 2. The largest absolute Gasteiger partial charge is 0.488 e. The fraction of sp³-hybridized carbons (Fsp3) is 0.127. The number of benzene rings is 6. The van der Waals surface area contributed by atoms with Crippen LogP contribution >= 0.6 is 55.1 Å². The van der Waals surface area contributed by atoms with Gasteiger partial charge in [0.05, 0.1) is 41.0 Å². The zero-order chi connectivity index (χ0) is 52.7. The summed E-state index contributed by atoms with van der Waals surface area (Å²) in [6, 6.07) is 37.3. The second kappa shape index (κ2) is 23.5. The third-order valence-corrected chi connectivity index (χ3v) is 12.6. The lowest BCUT2D eigenvalue weighted by Crippen LogP contribution is -2.13. The van der Waals surface area contributed by atoms with Crippen LogP contribution in [-0.4, -0.2) is 45.1 Å². The number of nitrogens with zero attached hydrogens (tertiary/aromatic N) is 2. The van der Waals surface area contributed by atoms with Crippen molar-refractivity contribution >= 4 is 90.2 Å². The number of rotatable bonds is 14. The van der Waals surface area contributed by atoms with Gasteiger partial charge in [-0.15, -0.1) is 0 Å². The Bertz CT molecular complexity index is 3430. The molecule has 374 valence electrons. The van der Waals surface area contributed by atoms with Gasteiger partial charge in [0.25, 0.3) is 0 Å². The van der Waals surface area contributed by atoms with E-state index in [4.69, 9.17) is 37.4 Å². The maximum absolute atomic E-state index is 14.4. The molecule has 0 atom stereocenters. The molecule has 0 fully saturated rings. The first-order valence-corrected chi connectivity index (χ1v) is 24.4. The van der Waals surface area contributed by atoms with Gasteiger partial charge in [0.15, 0.2) is 0 Å². The first-order chi connectivity index (χ1) is 34.8. The molecule has 0 bridgehead atoms. The Morgan fingerprint density at radius 3 is 1.40 bits per heavy atom. The molecule has 0 saturated heterocycles. The fourth-order valence-corrected chi connectivity index (χ4v) is 8.83. The maximum atomic E-state index is 14.4. The lowest BCUT2D eigenvalue weighted by atomic mass is 10.1. The van der Waals surface area contributed by atoms with E-state index in [2.05, 4.69) is 42.5 Å². The number of methoxy groups -OCH3 is 1. The van der Waals surface area contributed by atoms with E-state index in [0.717, 1.165) is 17.1 Å². The third-order valence-electron chi connectivity index (χ3n) is 11.2. The molecule has 6 aromatic carbocycles. The molecule has 73 heavy (non-hydrogen) atoms. The predicted molar refractivity (Wildman–Crippen MR) is 286 cm³/mol. The number of carboxylic acid groups (broad SMARTS) is 1. The molecule has 8 rings (SSSR count). The topological polar surface area (TPSA) is 150 Å². The zero-order valence-corrected chi connectivity index (χ0v) is 44.3.